The van der Waals surface area contributed by atoms with E-state index in [9.17, 15) is 14.7 Å². The molecule has 2 saturated carbocycles. The van der Waals surface area contributed by atoms with Crippen LogP contribution >= 0.6 is 0 Å². The molecule has 6 nitrogen and oxygen atoms in total. The minimum absolute atomic E-state index is 0.160. The number of carbonyl (C=O) groups excluding carboxylic acids is 2. The second-order valence-electron chi connectivity index (χ2n) is 9.17. The van der Waals surface area contributed by atoms with Crippen molar-refractivity contribution in [3.63, 3.8) is 0 Å². The molecule has 0 radical (unpaired) electrons. The first-order valence-electron chi connectivity index (χ1n) is 12.0. The summed E-state index contributed by atoms with van der Waals surface area (Å²) in [4.78, 5) is 25.7. The van der Waals surface area contributed by atoms with Crippen molar-refractivity contribution < 1.29 is 19.4 Å². The Kier molecular flexibility index (Phi) is 7.15. The molecule has 0 unspecified atom stereocenters. The second kappa shape index (κ2) is 10.1. The summed E-state index contributed by atoms with van der Waals surface area (Å²) in [5.41, 5.74) is 0.330. The molecule has 2 aromatic carbocycles. The van der Waals surface area contributed by atoms with Crippen LogP contribution in [-0.4, -0.2) is 36.9 Å². The van der Waals surface area contributed by atoms with Gasteiger partial charge in [-0.1, -0.05) is 37.1 Å². The fourth-order valence-corrected chi connectivity index (χ4v) is 5.42. The molecule has 0 aromatic heterocycles. The van der Waals surface area contributed by atoms with Gasteiger partial charge in [0.15, 0.2) is 11.6 Å². The minimum atomic E-state index is -0.785. The van der Waals surface area contributed by atoms with Crippen LogP contribution in [0, 0.1) is 0 Å². The number of hydrogen-bond donors (Lipinski definition) is 3. The normalized spacial score (nSPS) is 25.7. The van der Waals surface area contributed by atoms with Gasteiger partial charge in [-0.2, -0.15) is 0 Å². The van der Waals surface area contributed by atoms with Gasteiger partial charge in [-0.3, -0.25) is 14.9 Å². The molecule has 2 aliphatic rings. The Bertz CT molecular complexity index is 1010. The van der Waals surface area contributed by atoms with E-state index in [0.29, 0.717) is 38.2 Å². The molecule has 6 heteroatoms. The molecule has 3 N–H and O–H groups in total. The van der Waals surface area contributed by atoms with Gasteiger partial charge in [-0.25, -0.2) is 0 Å². The van der Waals surface area contributed by atoms with Gasteiger partial charge >= 0.3 is 0 Å². The number of nitrogens with one attached hydrogen (secondary N) is 2. The Morgan fingerprint density at radius 1 is 0.879 bits per heavy atom. The van der Waals surface area contributed by atoms with E-state index in [-0.39, 0.29) is 17.3 Å². The molecule has 4 rings (SSSR count). The standard InChI is InChI=1S/C27H34N2O4/c1-28-26(14-4-2-12-24(26)31)21-9-7-11-23(19-21)33-17-16-29-27(15-5-3-13-25(27)32)20-8-6-10-22(30)18-20/h6-11,18-19,28-30H,2-5,12-17H2,1H3/t26-,27-/m0/s1. The zero-order valence-electron chi connectivity index (χ0n) is 19.4. The third-order valence-electron chi connectivity index (χ3n) is 7.25. The first-order chi connectivity index (χ1) is 16.0. The average molecular weight is 451 g/mol. The van der Waals surface area contributed by atoms with Crippen LogP contribution in [0.4, 0.5) is 0 Å². The van der Waals surface area contributed by atoms with E-state index in [1.807, 2.05) is 37.4 Å². The van der Waals surface area contributed by atoms with Crippen molar-refractivity contribution in [3.05, 3.63) is 59.7 Å². The SMILES string of the molecule is CN[C@]1(c2cccc(OCCN[C@]3(c4cccc(O)c4)CCCCC3=O)c2)CCCCC1=O. The van der Waals surface area contributed by atoms with Crippen LogP contribution in [0.5, 0.6) is 11.5 Å². The van der Waals surface area contributed by atoms with Crippen LogP contribution in [0.25, 0.3) is 0 Å². The predicted octanol–water partition coefficient (Wildman–Crippen LogP) is 3.96. The number of phenolic OH excluding ortho intramolecular Hbond substituents is 1. The lowest BCUT2D eigenvalue weighted by atomic mass is 9.75. The maximum Gasteiger partial charge on any atom is 0.157 e. The summed E-state index contributed by atoms with van der Waals surface area (Å²) in [6, 6.07) is 14.8. The molecule has 2 aromatic rings. The van der Waals surface area contributed by atoms with Gasteiger partial charge in [0.25, 0.3) is 0 Å². The van der Waals surface area contributed by atoms with Crippen molar-refractivity contribution >= 4 is 11.6 Å². The van der Waals surface area contributed by atoms with E-state index in [0.717, 1.165) is 43.2 Å². The van der Waals surface area contributed by atoms with E-state index in [4.69, 9.17) is 4.74 Å². The maximum absolute atomic E-state index is 13.0. The van der Waals surface area contributed by atoms with Gasteiger partial charge < -0.3 is 15.2 Å². The number of ketones is 2. The summed E-state index contributed by atoms with van der Waals surface area (Å²) < 4.78 is 6.03. The second-order valence-corrected chi connectivity index (χ2v) is 9.17. The molecule has 0 amide bonds. The van der Waals surface area contributed by atoms with Gasteiger partial charge in [-0.05, 0) is 68.1 Å². The summed E-state index contributed by atoms with van der Waals surface area (Å²) in [5.74, 6) is 1.27. The van der Waals surface area contributed by atoms with Crippen molar-refractivity contribution in [2.45, 2.75) is 62.4 Å². The Labute approximate surface area is 195 Å². The third-order valence-corrected chi connectivity index (χ3v) is 7.25. The summed E-state index contributed by atoms with van der Waals surface area (Å²) in [7, 11) is 1.85. The summed E-state index contributed by atoms with van der Waals surface area (Å²) in [5, 5.41) is 16.7. The number of ether oxygens (including phenoxy) is 1. The number of Topliss-reactive ketones (excluding diaryl/α,β-unsaturated/α-hetero) is 2. The van der Waals surface area contributed by atoms with E-state index >= 15 is 0 Å². The smallest absolute Gasteiger partial charge is 0.157 e. The lowest BCUT2D eigenvalue weighted by molar-refractivity contribution is -0.128. The monoisotopic (exact) mass is 450 g/mol. The largest absolute Gasteiger partial charge is 0.508 e. The van der Waals surface area contributed by atoms with Gasteiger partial charge in [0, 0.05) is 19.4 Å². The first kappa shape index (κ1) is 23.5. The van der Waals surface area contributed by atoms with Crippen molar-refractivity contribution in [1.29, 1.82) is 0 Å². The average Bonchev–Trinajstić information content (AvgIpc) is 2.84. The number of likely N-dealkylation sites (N-methyl/N-ethyl adjacent to an activating group) is 1. The summed E-state index contributed by atoms with van der Waals surface area (Å²) >= 11 is 0. The molecule has 0 spiro atoms. The van der Waals surface area contributed by atoms with E-state index in [2.05, 4.69) is 10.6 Å². The lowest BCUT2D eigenvalue weighted by Gasteiger charge is -2.37. The molecular formula is C27H34N2O4. The van der Waals surface area contributed by atoms with E-state index in [1.165, 1.54) is 0 Å². The molecule has 0 saturated heterocycles. The third kappa shape index (κ3) is 4.68. The minimum Gasteiger partial charge on any atom is -0.508 e. The number of hydrogen-bond acceptors (Lipinski definition) is 6. The highest BCUT2D eigenvalue weighted by Crippen LogP contribution is 2.37. The van der Waals surface area contributed by atoms with E-state index in [1.54, 1.807) is 18.2 Å². The van der Waals surface area contributed by atoms with Crippen molar-refractivity contribution in [3.8, 4) is 11.5 Å². The molecule has 2 atom stereocenters. The number of phenols is 1. The van der Waals surface area contributed by atoms with Gasteiger partial charge in [0.2, 0.25) is 0 Å². The topological polar surface area (TPSA) is 87.7 Å². The molecule has 2 aliphatic carbocycles. The van der Waals surface area contributed by atoms with Gasteiger partial charge in [0.05, 0.1) is 0 Å². The Hall–Kier alpha value is -2.70. The highest BCUT2D eigenvalue weighted by atomic mass is 16.5. The van der Waals surface area contributed by atoms with Crippen LogP contribution in [-0.2, 0) is 20.7 Å². The number of aromatic hydroxyl groups is 1. The lowest BCUT2D eigenvalue weighted by Crippen LogP contribution is -2.52. The number of benzene rings is 2. The van der Waals surface area contributed by atoms with Gasteiger partial charge in [0.1, 0.15) is 29.2 Å². The Morgan fingerprint density at radius 2 is 1.52 bits per heavy atom. The fraction of sp³-hybridized carbons (Fsp3) is 0.481. The molecule has 2 fully saturated rings. The fourth-order valence-electron chi connectivity index (χ4n) is 5.42. The first-order valence-corrected chi connectivity index (χ1v) is 12.0. The molecular weight excluding hydrogens is 416 g/mol. The van der Waals surface area contributed by atoms with E-state index < -0.39 is 11.1 Å². The van der Waals surface area contributed by atoms with Crippen LogP contribution in [0.1, 0.15) is 62.5 Å². The summed E-state index contributed by atoms with van der Waals surface area (Å²) in [6.07, 6.45) is 6.45. The summed E-state index contributed by atoms with van der Waals surface area (Å²) in [6.45, 7) is 0.875. The Morgan fingerprint density at radius 3 is 2.15 bits per heavy atom. The molecule has 33 heavy (non-hydrogen) atoms. The van der Waals surface area contributed by atoms with Crippen molar-refractivity contribution in [2.24, 2.45) is 0 Å². The zero-order valence-corrected chi connectivity index (χ0v) is 19.4. The highest BCUT2D eigenvalue weighted by Gasteiger charge is 2.41. The number of rotatable bonds is 8. The predicted molar refractivity (Wildman–Crippen MR) is 127 cm³/mol. The highest BCUT2D eigenvalue weighted by molar-refractivity contribution is 5.91. The molecule has 0 heterocycles. The quantitative estimate of drug-likeness (QED) is 0.528. The van der Waals surface area contributed by atoms with Crippen LogP contribution in [0.15, 0.2) is 48.5 Å². The molecule has 0 aliphatic heterocycles. The van der Waals surface area contributed by atoms with Crippen molar-refractivity contribution in [1.82, 2.24) is 10.6 Å². The van der Waals surface area contributed by atoms with Crippen LogP contribution < -0.4 is 15.4 Å². The zero-order chi connectivity index (χ0) is 23.3. The van der Waals surface area contributed by atoms with Crippen LogP contribution in [0.3, 0.4) is 0 Å². The van der Waals surface area contributed by atoms with Crippen molar-refractivity contribution in [2.75, 3.05) is 20.2 Å². The number of carbonyl (C=O) groups is 2. The van der Waals surface area contributed by atoms with Gasteiger partial charge in [-0.15, -0.1) is 0 Å². The van der Waals surface area contributed by atoms with Crippen LogP contribution in [0.2, 0.25) is 0 Å². The molecule has 0 bridgehead atoms. The Balaban J connectivity index is 1.44. The maximum atomic E-state index is 13.0. The molecule has 176 valence electrons.